The lowest BCUT2D eigenvalue weighted by atomic mass is 10.0. The van der Waals surface area contributed by atoms with Gasteiger partial charge < -0.3 is 14.8 Å². The van der Waals surface area contributed by atoms with Crippen LogP contribution in [0.15, 0.2) is 91.5 Å². The normalized spacial score (nSPS) is 13.4. The average molecular weight is 550 g/mol. The zero-order chi connectivity index (χ0) is 28.5. The van der Waals surface area contributed by atoms with Crippen molar-refractivity contribution in [2.75, 3.05) is 26.2 Å². The molecule has 1 aliphatic rings. The molecule has 0 unspecified atom stereocenters. The molecule has 10 heteroatoms. The number of aromatic amines is 1. The van der Waals surface area contributed by atoms with Crippen LogP contribution in [0, 0.1) is 5.82 Å². The summed E-state index contributed by atoms with van der Waals surface area (Å²) in [6.07, 6.45) is 4.17. The number of hydrogen-bond donors (Lipinski definition) is 1. The van der Waals surface area contributed by atoms with Gasteiger partial charge in [-0.25, -0.2) is 9.37 Å². The average Bonchev–Trinajstić information content (AvgIpc) is 3.70. The molecule has 41 heavy (non-hydrogen) atoms. The van der Waals surface area contributed by atoms with E-state index in [9.17, 15) is 19.2 Å². The Morgan fingerprint density at radius 3 is 2.02 bits per heavy atom. The smallest absolute Gasteiger partial charge is 0.295 e. The Balaban J connectivity index is 1.24. The highest BCUT2D eigenvalue weighted by atomic mass is 19.1. The second-order valence-corrected chi connectivity index (χ2v) is 9.65. The van der Waals surface area contributed by atoms with Crippen LogP contribution < -0.4 is 0 Å². The third-order valence-corrected chi connectivity index (χ3v) is 7.25. The summed E-state index contributed by atoms with van der Waals surface area (Å²) in [6.45, 7) is 0.914. The molecule has 3 heterocycles. The van der Waals surface area contributed by atoms with E-state index in [-0.39, 0.29) is 54.5 Å². The van der Waals surface area contributed by atoms with Gasteiger partial charge >= 0.3 is 0 Å². The zero-order valence-corrected chi connectivity index (χ0v) is 21.8. The summed E-state index contributed by atoms with van der Waals surface area (Å²) < 4.78 is 16.5. The fourth-order valence-corrected chi connectivity index (χ4v) is 5.11. The van der Waals surface area contributed by atoms with E-state index < -0.39 is 17.5 Å². The molecular weight excluding hydrogens is 525 g/mol. The summed E-state index contributed by atoms with van der Waals surface area (Å²) in [4.78, 5) is 62.5. The van der Waals surface area contributed by atoms with Crippen LogP contribution in [0.5, 0.6) is 0 Å². The Kier molecular flexibility index (Phi) is 6.72. The highest BCUT2D eigenvalue weighted by Gasteiger charge is 2.31. The molecule has 0 bridgehead atoms. The Morgan fingerprint density at radius 2 is 1.37 bits per heavy atom. The topological polar surface area (TPSA) is 108 Å². The number of piperazine rings is 1. The van der Waals surface area contributed by atoms with E-state index in [1.807, 2.05) is 6.07 Å². The number of imidazole rings is 1. The van der Waals surface area contributed by atoms with Crippen molar-refractivity contribution in [1.29, 1.82) is 0 Å². The summed E-state index contributed by atoms with van der Waals surface area (Å²) in [5.74, 6) is -2.77. The largest absolute Gasteiger partial charge is 0.360 e. The summed E-state index contributed by atoms with van der Waals surface area (Å²) in [6, 6.07) is 20.2. The maximum absolute atomic E-state index is 15.2. The highest BCUT2D eigenvalue weighted by molar-refractivity contribution is 6.45. The quantitative estimate of drug-likeness (QED) is 0.263. The number of benzene rings is 3. The summed E-state index contributed by atoms with van der Waals surface area (Å²) >= 11 is 0. The van der Waals surface area contributed by atoms with E-state index in [0.29, 0.717) is 22.4 Å². The van der Waals surface area contributed by atoms with Gasteiger partial charge in [0.05, 0.1) is 23.0 Å². The number of nitrogens with zero attached hydrogens (tertiary/aromatic N) is 4. The predicted molar refractivity (Wildman–Crippen MR) is 149 cm³/mol. The molecule has 3 aromatic carbocycles. The van der Waals surface area contributed by atoms with Gasteiger partial charge in [-0.2, -0.15) is 0 Å². The number of fused-ring (bicyclic) bond motifs is 1. The number of aromatic nitrogens is 3. The minimum absolute atomic E-state index is 0.0429. The minimum atomic E-state index is -0.857. The summed E-state index contributed by atoms with van der Waals surface area (Å²) in [5, 5.41) is -0.0429. The number of Topliss-reactive ketones (excluding diaryl/α,β-unsaturated/α-hetero) is 1. The second-order valence-electron chi connectivity index (χ2n) is 9.65. The molecule has 1 fully saturated rings. The number of rotatable bonds is 5. The first-order valence-corrected chi connectivity index (χ1v) is 13.0. The second kappa shape index (κ2) is 10.6. The first-order chi connectivity index (χ1) is 19.9. The fraction of sp³-hybridized carbons (Fsp3) is 0.129. The van der Waals surface area contributed by atoms with Crippen LogP contribution in [0.3, 0.4) is 0 Å². The van der Waals surface area contributed by atoms with E-state index in [0.717, 1.165) is 0 Å². The Hall–Kier alpha value is -5.38. The van der Waals surface area contributed by atoms with Crippen LogP contribution in [0.4, 0.5) is 4.39 Å². The first-order valence-electron chi connectivity index (χ1n) is 13.0. The lowest BCUT2D eigenvalue weighted by Gasteiger charge is -2.34. The van der Waals surface area contributed by atoms with Gasteiger partial charge in [-0.1, -0.05) is 36.4 Å². The lowest BCUT2D eigenvalue weighted by Crippen LogP contribution is -2.52. The van der Waals surface area contributed by atoms with Gasteiger partial charge in [-0.05, 0) is 36.4 Å². The van der Waals surface area contributed by atoms with E-state index >= 15 is 4.39 Å². The van der Waals surface area contributed by atoms with Crippen molar-refractivity contribution in [2.45, 2.75) is 0 Å². The SMILES string of the molecule is O=C(C(=O)N1CCN(C(=O)c2ccccc2)CC1)c1c[nH]c2c(-c3cncn3C(=O)c3ccccc3)ccc(F)c12. The fourth-order valence-electron chi connectivity index (χ4n) is 5.11. The van der Waals surface area contributed by atoms with Crippen molar-refractivity contribution in [3.8, 4) is 11.3 Å². The Bertz CT molecular complexity index is 1790. The van der Waals surface area contributed by atoms with Crippen LogP contribution >= 0.6 is 0 Å². The molecule has 0 aliphatic carbocycles. The molecule has 1 aliphatic heterocycles. The van der Waals surface area contributed by atoms with E-state index in [1.165, 1.54) is 40.3 Å². The van der Waals surface area contributed by atoms with Crippen molar-refractivity contribution in [3.63, 3.8) is 0 Å². The van der Waals surface area contributed by atoms with Crippen LogP contribution in [-0.4, -0.2) is 74.0 Å². The van der Waals surface area contributed by atoms with Crippen molar-refractivity contribution in [3.05, 3.63) is 114 Å². The summed E-state index contributed by atoms with van der Waals surface area (Å²) in [7, 11) is 0. The molecule has 2 aromatic heterocycles. The van der Waals surface area contributed by atoms with Gasteiger partial charge in [-0.3, -0.25) is 23.7 Å². The monoisotopic (exact) mass is 549 g/mol. The van der Waals surface area contributed by atoms with Crippen molar-refractivity contribution in [1.82, 2.24) is 24.3 Å². The first kappa shape index (κ1) is 25.9. The molecule has 204 valence electrons. The maximum atomic E-state index is 15.2. The third kappa shape index (κ3) is 4.69. The molecule has 0 spiro atoms. The molecule has 9 nitrogen and oxygen atoms in total. The Morgan fingerprint density at radius 1 is 0.756 bits per heavy atom. The van der Waals surface area contributed by atoms with Crippen molar-refractivity contribution >= 4 is 34.4 Å². The molecule has 0 atom stereocenters. The van der Waals surface area contributed by atoms with Crippen LogP contribution in [0.1, 0.15) is 31.1 Å². The van der Waals surface area contributed by atoms with Gasteiger partial charge in [0.1, 0.15) is 12.1 Å². The molecular formula is C31H24FN5O4. The number of carbonyl (C=O) groups excluding carboxylic acids is 4. The van der Waals surface area contributed by atoms with Crippen molar-refractivity contribution in [2.24, 2.45) is 0 Å². The van der Waals surface area contributed by atoms with Gasteiger partial charge in [0.2, 0.25) is 0 Å². The molecule has 2 amide bonds. The Labute approximate surface area is 233 Å². The molecule has 1 N–H and O–H groups in total. The van der Waals surface area contributed by atoms with Gasteiger partial charge in [0.15, 0.2) is 0 Å². The highest BCUT2D eigenvalue weighted by Crippen LogP contribution is 2.32. The number of hydrogen-bond acceptors (Lipinski definition) is 5. The molecule has 0 radical (unpaired) electrons. The summed E-state index contributed by atoms with van der Waals surface area (Å²) in [5.41, 5.74) is 2.01. The van der Waals surface area contributed by atoms with E-state index in [4.69, 9.17) is 0 Å². The number of nitrogens with one attached hydrogen (secondary N) is 1. The number of amides is 2. The number of ketones is 1. The zero-order valence-electron chi connectivity index (χ0n) is 21.8. The van der Waals surface area contributed by atoms with Gasteiger partial charge in [-0.15, -0.1) is 0 Å². The predicted octanol–water partition coefficient (Wildman–Crippen LogP) is 4.03. The van der Waals surface area contributed by atoms with Gasteiger partial charge in [0.25, 0.3) is 23.5 Å². The molecule has 0 saturated carbocycles. The number of H-pyrrole nitrogens is 1. The minimum Gasteiger partial charge on any atom is -0.360 e. The number of carbonyl (C=O) groups is 4. The third-order valence-electron chi connectivity index (χ3n) is 7.25. The standard InChI is InChI=1S/C31H24FN5O4/c32-24-12-11-22(25-18-33-19-37(25)30(40)21-9-5-2-6-10-21)27-26(24)23(17-34-27)28(38)31(41)36-15-13-35(14-16-36)29(39)20-7-3-1-4-8-20/h1-12,17-19,34H,13-16H2. The maximum Gasteiger partial charge on any atom is 0.295 e. The van der Waals surface area contributed by atoms with E-state index in [2.05, 4.69) is 9.97 Å². The van der Waals surface area contributed by atoms with Crippen LogP contribution in [0.25, 0.3) is 22.2 Å². The van der Waals surface area contributed by atoms with Crippen LogP contribution in [-0.2, 0) is 4.79 Å². The molecule has 5 aromatic rings. The molecule has 6 rings (SSSR count). The van der Waals surface area contributed by atoms with Crippen LogP contribution in [0.2, 0.25) is 0 Å². The molecule has 1 saturated heterocycles. The van der Waals surface area contributed by atoms with E-state index in [1.54, 1.807) is 59.5 Å². The van der Waals surface area contributed by atoms with Gasteiger partial charge in [0, 0.05) is 54.5 Å². The van der Waals surface area contributed by atoms with Crippen molar-refractivity contribution < 1.29 is 23.6 Å². The lowest BCUT2D eigenvalue weighted by molar-refractivity contribution is -0.127. The number of halogens is 1.